The maximum atomic E-state index is 13.5. The van der Waals surface area contributed by atoms with Crippen molar-refractivity contribution in [1.82, 2.24) is 14.3 Å². The number of aliphatic imine (C=N–C) groups is 1. The first-order valence-electron chi connectivity index (χ1n) is 11.8. The van der Waals surface area contributed by atoms with Gasteiger partial charge in [-0.1, -0.05) is 30.3 Å². The summed E-state index contributed by atoms with van der Waals surface area (Å²) in [4.78, 5) is 46.7. The molecule has 0 radical (unpaired) electrons. The lowest BCUT2D eigenvalue weighted by Crippen LogP contribution is -2.34. The Balaban J connectivity index is 2.06. The van der Waals surface area contributed by atoms with Crippen LogP contribution in [0.5, 0.6) is 0 Å². The SMILES string of the molecule is C=NC(=O)C(CC(=O)OC(C)(C)C)c1c(C)ncn1-n1c(C)ccc(NS(=O)(=O)Cc2ccccc2)c1=O. The van der Waals surface area contributed by atoms with E-state index in [4.69, 9.17) is 4.74 Å². The van der Waals surface area contributed by atoms with Crippen molar-refractivity contribution in [3.05, 3.63) is 81.8 Å². The van der Waals surface area contributed by atoms with E-state index >= 15 is 0 Å². The molecule has 12 heteroatoms. The molecule has 38 heavy (non-hydrogen) atoms. The number of nitrogens with one attached hydrogen (secondary N) is 1. The van der Waals surface area contributed by atoms with Gasteiger partial charge in [0.2, 0.25) is 10.0 Å². The summed E-state index contributed by atoms with van der Waals surface area (Å²) >= 11 is 0. The van der Waals surface area contributed by atoms with Crippen molar-refractivity contribution in [3.63, 3.8) is 0 Å². The quantitative estimate of drug-likeness (QED) is 0.324. The molecule has 0 aliphatic rings. The van der Waals surface area contributed by atoms with E-state index in [1.54, 1.807) is 71.0 Å². The van der Waals surface area contributed by atoms with Crippen molar-refractivity contribution < 1.29 is 22.7 Å². The van der Waals surface area contributed by atoms with Gasteiger partial charge in [0, 0.05) is 5.69 Å². The molecule has 11 nitrogen and oxygen atoms in total. The highest BCUT2D eigenvalue weighted by Gasteiger charge is 2.32. The Morgan fingerprint density at radius 1 is 1.13 bits per heavy atom. The summed E-state index contributed by atoms with van der Waals surface area (Å²) in [6.45, 7) is 11.7. The number of hydrogen-bond donors (Lipinski definition) is 1. The van der Waals surface area contributed by atoms with Crippen molar-refractivity contribution in [2.24, 2.45) is 4.99 Å². The van der Waals surface area contributed by atoms with Gasteiger partial charge in [-0.3, -0.25) is 19.1 Å². The van der Waals surface area contributed by atoms with E-state index in [1.807, 2.05) is 0 Å². The third kappa shape index (κ3) is 6.82. The van der Waals surface area contributed by atoms with Gasteiger partial charge in [0.05, 0.1) is 29.5 Å². The molecule has 0 saturated heterocycles. The van der Waals surface area contributed by atoms with Crippen LogP contribution in [0, 0.1) is 13.8 Å². The first-order valence-corrected chi connectivity index (χ1v) is 13.4. The topological polar surface area (TPSA) is 142 Å². The third-order valence-corrected chi connectivity index (χ3v) is 6.73. The van der Waals surface area contributed by atoms with Crippen molar-refractivity contribution in [3.8, 4) is 0 Å². The number of esters is 1. The van der Waals surface area contributed by atoms with E-state index < -0.39 is 39.0 Å². The van der Waals surface area contributed by atoms with Crippen LogP contribution in [0.3, 0.4) is 0 Å². The second-order valence-corrected chi connectivity index (χ2v) is 11.5. The number of anilines is 1. The molecule has 202 valence electrons. The predicted molar refractivity (Wildman–Crippen MR) is 144 cm³/mol. The van der Waals surface area contributed by atoms with Crippen molar-refractivity contribution in [2.45, 2.75) is 58.3 Å². The molecule has 0 bridgehead atoms. The van der Waals surface area contributed by atoms with Crippen molar-refractivity contribution in [2.75, 3.05) is 4.72 Å². The van der Waals surface area contributed by atoms with Gasteiger partial charge in [-0.15, -0.1) is 0 Å². The minimum Gasteiger partial charge on any atom is -0.460 e. The zero-order chi connectivity index (χ0) is 28.3. The van der Waals surface area contributed by atoms with Crippen LogP contribution in [0.15, 0.2) is 58.6 Å². The monoisotopic (exact) mass is 541 g/mol. The third-order valence-electron chi connectivity index (χ3n) is 5.48. The molecule has 0 saturated carbocycles. The molecule has 1 aromatic carbocycles. The first-order chi connectivity index (χ1) is 17.7. The highest BCUT2D eigenvalue weighted by Crippen LogP contribution is 2.26. The molecule has 2 aromatic heterocycles. The number of rotatable bonds is 9. The number of benzene rings is 1. The van der Waals surface area contributed by atoms with Crippen molar-refractivity contribution in [1.29, 1.82) is 0 Å². The molecule has 1 amide bonds. The van der Waals surface area contributed by atoms with Gasteiger partial charge < -0.3 is 4.74 Å². The maximum absolute atomic E-state index is 13.5. The summed E-state index contributed by atoms with van der Waals surface area (Å²) in [6.07, 6.45) is 0.957. The van der Waals surface area contributed by atoms with E-state index in [1.165, 1.54) is 21.7 Å². The number of aryl methyl sites for hydroxylation is 2. The molecular weight excluding hydrogens is 510 g/mol. The molecule has 0 spiro atoms. The molecule has 1 unspecified atom stereocenters. The zero-order valence-electron chi connectivity index (χ0n) is 22.0. The number of hydrogen-bond acceptors (Lipinski definition) is 7. The number of carbonyl (C=O) groups excluding carboxylic acids is 2. The lowest BCUT2D eigenvalue weighted by Gasteiger charge is -2.23. The fourth-order valence-corrected chi connectivity index (χ4v) is 5.12. The summed E-state index contributed by atoms with van der Waals surface area (Å²) in [5.74, 6) is -2.81. The van der Waals surface area contributed by atoms with Crippen LogP contribution in [0.2, 0.25) is 0 Å². The van der Waals surface area contributed by atoms with E-state index in [0.717, 1.165) is 0 Å². The zero-order valence-corrected chi connectivity index (χ0v) is 22.8. The van der Waals surface area contributed by atoms with Gasteiger partial charge in [0.1, 0.15) is 17.6 Å². The largest absolute Gasteiger partial charge is 0.460 e. The normalized spacial score (nSPS) is 12.6. The minimum atomic E-state index is -3.92. The smallest absolute Gasteiger partial charge is 0.307 e. The van der Waals surface area contributed by atoms with Gasteiger partial charge in [0.15, 0.2) is 0 Å². The Hall–Kier alpha value is -4.06. The van der Waals surface area contributed by atoms with Gasteiger partial charge in [-0.2, -0.15) is 0 Å². The highest BCUT2D eigenvalue weighted by molar-refractivity contribution is 7.91. The van der Waals surface area contributed by atoms with Crippen LogP contribution < -0.4 is 10.3 Å². The molecular formula is C26H31N5O6S. The second-order valence-electron chi connectivity index (χ2n) is 9.75. The number of aromatic nitrogens is 3. The fraction of sp³-hybridized carbons (Fsp3) is 0.346. The molecule has 0 aliphatic heterocycles. The Kier molecular flexibility index (Phi) is 8.35. The molecule has 2 heterocycles. The van der Waals surface area contributed by atoms with E-state index in [9.17, 15) is 22.8 Å². The van der Waals surface area contributed by atoms with E-state index in [-0.39, 0.29) is 23.6 Å². The number of nitrogens with zero attached hydrogens (tertiary/aromatic N) is 4. The maximum Gasteiger partial charge on any atom is 0.307 e. The van der Waals surface area contributed by atoms with Crippen LogP contribution in [0.1, 0.15) is 55.8 Å². The number of pyridine rings is 1. The van der Waals surface area contributed by atoms with Gasteiger partial charge in [0.25, 0.3) is 11.5 Å². The lowest BCUT2D eigenvalue weighted by molar-refractivity contribution is -0.156. The average molecular weight is 542 g/mol. The molecule has 0 aliphatic carbocycles. The number of amides is 1. The fourth-order valence-electron chi connectivity index (χ4n) is 3.93. The number of imidazole rings is 1. The van der Waals surface area contributed by atoms with Gasteiger partial charge in [-0.25, -0.2) is 27.7 Å². The minimum absolute atomic E-state index is 0.194. The predicted octanol–water partition coefficient (Wildman–Crippen LogP) is 2.96. The lowest BCUT2D eigenvalue weighted by atomic mass is 9.98. The van der Waals surface area contributed by atoms with Crippen LogP contribution in [0.4, 0.5) is 5.69 Å². The molecule has 1 atom stereocenters. The Labute approximate surface area is 221 Å². The first kappa shape index (κ1) is 28.5. The molecule has 3 rings (SSSR count). The van der Waals surface area contributed by atoms with Crippen LogP contribution >= 0.6 is 0 Å². The molecule has 1 N–H and O–H groups in total. The number of sulfonamides is 1. The van der Waals surface area contributed by atoms with Crippen LogP contribution in [-0.2, 0) is 30.1 Å². The van der Waals surface area contributed by atoms with Crippen LogP contribution in [-0.4, -0.2) is 46.9 Å². The van der Waals surface area contributed by atoms with Gasteiger partial charge in [-0.05, 0) is 59.0 Å². The summed E-state index contributed by atoms with van der Waals surface area (Å²) in [5, 5.41) is 0. The summed E-state index contributed by atoms with van der Waals surface area (Å²) in [7, 11) is -3.92. The Morgan fingerprint density at radius 2 is 1.79 bits per heavy atom. The summed E-state index contributed by atoms with van der Waals surface area (Å²) in [5.41, 5.74) is -0.0916. The molecule has 0 fully saturated rings. The Bertz CT molecular complexity index is 1520. The van der Waals surface area contributed by atoms with Crippen molar-refractivity contribution >= 4 is 34.3 Å². The Morgan fingerprint density at radius 3 is 2.39 bits per heavy atom. The summed E-state index contributed by atoms with van der Waals surface area (Å²) in [6, 6.07) is 11.5. The van der Waals surface area contributed by atoms with Crippen LogP contribution in [0.25, 0.3) is 0 Å². The standard InChI is InChI=1S/C26H31N5O6S/c1-17-12-13-21(29-38(35,36)15-19-10-8-7-9-11-19)25(34)31(17)30-16-28-18(2)23(30)20(24(33)27-6)14-22(32)37-26(3,4)5/h7-13,16,20,29H,6,14-15H2,1-5H3. The second kappa shape index (κ2) is 11.1. The number of carbonyl (C=O) groups is 2. The highest BCUT2D eigenvalue weighted by atomic mass is 32.2. The van der Waals surface area contributed by atoms with Gasteiger partial charge >= 0.3 is 5.97 Å². The van der Waals surface area contributed by atoms with E-state index in [2.05, 4.69) is 21.4 Å². The average Bonchev–Trinajstić information content (AvgIpc) is 3.18. The molecule has 3 aromatic rings. The number of ether oxygens (including phenoxy) is 1. The van der Waals surface area contributed by atoms with E-state index in [0.29, 0.717) is 17.0 Å². The summed E-state index contributed by atoms with van der Waals surface area (Å²) < 4.78 is 35.8.